The molecule has 0 radical (unpaired) electrons. The Hall–Kier alpha value is -1.32. The molecule has 1 amide bonds. The normalized spacial score (nSPS) is 12.5. The second-order valence-corrected chi connectivity index (χ2v) is 6.78. The average Bonchev–Trinajstić information content (AvgIpc) is 2.28. The lowest BCUT2D eigenvalue weighted by molar-refractivity contribution is -0.137. The summed E-state index contributed by atoms with van der Waals surface area (Å²) in [5.74, 6) is -0.893. The Bertz CT molecular complexity index is 647. The summed E-state index contributed by atoms with van der Waals surface area (Å²) in [5, 5.41) is 1.89. The minimum Gasteiger partial charge on any atom is -0.324 e. The van der Waals surface area contributed by atoms with Gasteiger partial charge in [0.15, 0.2) is 0 Å². The zero-order valence-electron chi connectivity index (χ0n) is 11.0. The molecule has 0 atom stereocenters. The van der Waals surface area contributed by atoms with Crippen LogP contribution in [0.5, 0.6) is 0 Å². The van der Waals surface area contributed by atoms with Crippen molar-refractivity contribution in [3.63, 3.8) is 0 Å². The van der Waals surface area contributed by atoms with Crippen molar-refractivity contribution in [2.75, 3.05) is 25.2 Å². The van der Waals surface area contributed by atoms with Gasteiger partial charge in [0.25, 0.3) is 0 Å². The molecule has 21 heavy (non-hydrogen) atoms. The van der Waals surface area contributed by atoms with Crippen LogP contribution in [-0.2, 0) is 21.0 Å². The van der Waals surface area contributed by atoms with Crippen LogP contribution in [0.15, 0.2) is 18.2 Å². The maximum absolute atomic E-state index is 12.8. The Morgan fingerprint density at radius 3 is 2.43 bits per heavy atom. The number of rotatable bonds is 4. The number of likely N-dealkylation sites (N-methyl/N-ethyl adjacent to an activating group) is 1. The van der Waals surface area contributed by atoms with Gasteiger partial charge in [-0.1, -0.05) is 11.6 Å². The van der Waals surface area contributed by atoms with Crippen LogP contribution in [0.2, 0.25) is 5.02 Å². The number of anilines is 1. The van der Waals surface area contributed by atoms with Crippen LogP contribution in [0.4, 0.5) is 18.9 Å². The van der Waals surface area contributed by atoms with Crippen molar-refractivity contribution in [2.45, 2.75) is 6.18 Å². The molecule has 1 aromatic carbocycles. The molecule has 0 saturated carbocycles. The largest absolute Gasteiger partial charge is 0.418 e. The summed E-state index contributed by atoms with van der Waals surface area (Å²) in [6.45, 7) is -0.598. The Morgan fingerprint density at radius 1 is 1.38 bits per heavy atom. The first-order valence-electron chi connectivity index (χ1n) is 5.49. The van der Waals surface area contributed by atoms with Crippen LogP contribution >= 0.6 is 11.6 Å². The third-order valence-electron chi connectivity index (χ3n) is 2.49. The molecule has 10 heteroatoms. The third kappa shape index (κ3) is 5.18. The molecule has 0 spiro atoms. The van der Waals surface area contributed by atoms with E-state index in [1.54, 1.807) is 0 Å². The molecule has 0 unspecified atom stereocenters. The first-order chi connectivity index (χ1) is 9.41. The standard InChI is InChI=1S/C11H12ClF3N2O3S/c1-17(21(2,19)20)6-10(18)16-9-4-3-7(12)5-8(9)11(13,14)15/h3-5H,6H2,1-2H3,(H,16,18). The van der Waals surface area contributed by atoms with Crippen molar-refractivity contribution in [1.29, 1.82) is 0 Å². The zero-order chi connectivity index (χ0) is 16.4. The Balaban J connectivity index is 2.96. The van der Waals surface area contributed by atoms with E-state index >= 15 is 0 Å². The summed E-state index contributed by atoms with van der Waals surface area (Å²) in [6, 6.07) is 2.87. The lowest BCUT2D eigenvalue weighted by Crippen LogP contribution is -2.34. The van der Waals surface area contributed by atoms with E-state index in [-0.39, 0.29) is 5.02 Å². The van der Waals surface area contributed by atoms with Crippen LogP contribution in [0.1, 0.15) is 5.56 Å². The van der Waals surface area contributed by atoms with E-state index in [4.69, 9.17) is 11.6 Å². The lowest BCUT2D eigenvalue weighted by atomic mass is 10.1. The van der Waals surface area contributed by atoms with Gasteiger partial charge in [-0.05, 0) is 18.2 Å². The zero-order valence-corrected chi connectivity index (χ0v) is 12.6. The summed E-state index contributed by atoms with van der Waals surface area (Å²) in [5.41, 5.74) is -1.59. The molecule has 0 saturated heterocycles. The van der Waals surface area contributed by atoms with E-state index in [9.17, 15) is 26.4 Å². The molecule has 1 rings (SSSR count). The number of carbonyl (C=O) groups excluding carboxylic acids is 1. The van der Waals surface area contributed by atoms with Gasteiger partial charge in [-0.15, -0.1) is 0 Å². The van der Waals surface area contributed by atoms with Crippen LogP contribution < -0.4 is 5.32 Å². The lowest BCUT2D eigenvalue weighted by Gasteiger charge is -2.16. The highest BCUT2D eigenvalue weighted by Gasteiger charge is 2.34. The SMILES string of the molecule is CN(CC(=O)Nc1ccc(Cl)cc1C(F)(F)F)S(C)(=O)=O. The van der Waals surface area contributed by atoms with Gasteiger partial charge in [0.05, 0.1) is 24.1 Å². The number of nitrogens with one attached hydrogen (secondary N) is 1. The minimum absolute atomic E-state index is 0.131. The molecular weight excluding hydrogens is 333 g/mol. The van der Waals surface area contributed by atoms with Gasteiger partial charge in [0.2, 0.25) is 15.9 Å². The number of amides is 1. The van der Waals surface area contributed by atoms with Crippen molar-refractivity contribution < 1.29 is 26.4 Å². The molecular formula is C11H12ClF3N2O3S. The van der Waals surface area contributed by atoms with Crippen LogP contribution in [0, 0.1) is 0 Å². The highest BCUT2D eigenvalue weighted by molar-refractivity contribution is 7.88. The van der Waals surface area contributed by atoms with E-state index in [0.29, 0.717) is 10.4 Å². The summed E-state index contributed by atoms with van der Waals surface area (Å²) in [6.07, 6.45) is -3.82. The first-order valence-corrected chi connectivity index (χ1v) is 7.72. The van der Waals surface area contributed by atoms with E-state index in [2.05, 4.69) is 0 Å². The molecule has 0 aromatic heterocycles. The summed E-state index contributed by atoms with van der Waals surface area (Å²) in [4.78, 5) is 11.6. The highest BCUT2D eigenvalue weighted by atomic mass is 35.5. The number of hydrogen-bond donors (Lipinski definition) is 1. The Morgan fingerprint density at radius 2 is 1.95 bits per heavy atom. The number of benzene rings is 1. The average molecular weight is 345 g/mol. The van der Waals surface area contributed by atoms with E-state index < -0.39 is 39.9 Å². The maximum atomic E-state index is 12.8. The number of nitrogens with zero attached hydrogens (tertiary/aromatic N) is 1. The molecule has 0 fully saturated rings. The van der Waals surface area contributed by atoms with Gasteiger partial charge in [0, 0.05) is 12.1 Å². The summed E-state index contributed by atoms with van der Waals surface area (Å²) < 4.78 is 61.4. The van der Waals surface area contributed by atoms with Gasteiger partial charge < -0.3 is 5.32 Å². The number of hydrogen-bond acceptors (Lipinski definition) is 3. The van der Waals surface area contributed by atoms with E-state index in [1.807, 2.05) is 5.32 Å². The molecule has 0 aliphatic carbocycles. The van der Waals surface area contributed by atoms with E-state index in [1.165, 1.54) is 6.07 Å². The molecule has 0 aliphatic heterocycles. The molecule has 0 aliphatic rings. The molecule has 1 aromatic rings. The number of halogens is 4. The van der Waals surface area contributed by atoms with Gasteiger partial charge in [-0.25, -0.2) is 8.42 Å². The van der Waals surface area contributed by atoms with E-state index in [0.717, 1.165) is 19.4 Å². The number of alkyl halides is 3. The number of carbonyl (C=O) groups is 1. The topological polar surface area (TPSA) is 66.5 Å². The molecule has 5 nitrogen and oxygen atoms in total. The predicted molar refractivity (Wildman–Crippen MR) is 72.6 cm³/mol. The molecule has 1 N–H and O–H groups in total. The quantitative estimate of drug-likeness (QED) is 0.910. The number of sulfonamides is 1. The Kier molecular flexibility index (Phi) is 5.24. The fourth-order valence-electron chi connectivity index (χ4n) is 1.37. The first kappa shape index (κ1) is 17.7. The summed E-state index contributed by atoms with van der Waals surface area (Å²) in [7, 11) is -2.47. The molecule has 0 bridgehead atoms. The van der Waals surface area contributed by atoms with Gasteiger partial charge >= 0.3 is 6.18 Å². The second kappa shape index (κ2) is 6.20. The van der Waals surface area contributed by atoms with Gasteiger partial charge in [0.1, 0.15) is 0 Å². The van der Waals surface area contributed by atoms with Crippen molar-refractivity contribution in [2.24, 2.45) is 0 Å². The van der Waals surface area contributed by atoms with Gasteiger partial charge in [-0.3, -0.25) is 4.79 Å². The van der Waals surface area contributed by atoms with Crippen molar-refractivity contribution >= 4 is 33.2 Å². The monoisotopic (exact) mass is 344 g/mol. The van der Waals surface area contributed by atoms with Crippen LogP contribution in [0.3, 0.4) is 0 Å². The second-order valence-electron chi connectivity index (χ2n) is 4.25. The van der Waals surface area contributed by atoms with Crippen LogP contribution in [0.25, 0.3) is 0 Å². The minimum atomic E-state index is -4.70. The molecule has 0 heterocycles. The fraction of sp³-hybridized carbons (Fsp3) is 0.364. The smallest absolute Gasteiger partial charge is 0.324 e. The molecule has 118 valence electrons. The Labute approximate surface area is 124 Å². The summed E-state index contributed by atoms with van der Waals surface area (Å²) >= 11 is 5.50. The van der Waals surface area contributed by atoms with Crippen molar-refractivity contribution in [1.82, 2.24) is 4.31 Å². The van der Waals surface area contributed by atoms with Crippen molar-refractivity contribution in [3.8, 4) is 0 Å². The predicted octanol–water partition coefficient (Wildman–Crippen LogP) is 2.19. The highest BCUT2D eigenvalue weighted by Crippen LogP contribution is 2.36. The van der Waals surface area contributed by atoms with Gasteiger partial charge in [-0.2, -0.15) is 17.5 Å². The maximum Gasteiger partial charge on any atom is 0.418 e. The van der Waals surface area contributed by atoms with Crippen LogP contribution in [-0.4, -0.2) is 38.5 Å². The van der Waals surface area contributed by atoms with Crippen molar-refractivity contribution in [3.05, 3.63) is 28.8 Å². The fourth-order valence-corrected chi connectivity index (χ4v) is 1.89. The third-order valence-corrected chi connectivity index (χ3v) is 3.99.